The number of para-hydroxylation sites is 1. The van der Waals surface area contributed by atoms with E-state index >= 15 is 0 Å². The van der Waals surface area contributed by atoms with Gasteiger partial charge in [0.05, 0.1) is 21.7 Å². The molecule has 0 saturated heterocycles. The van der Waals surface area contributed by atoms with Gasteiger partial charge in [0.15, 0.2) is 4.90 Å². The first-order chi connectivity index (χ1) is 12.2. The van der Waals surface area contributed by atoms with E-state index in [9.17, 15) is 23.3 Å². The molecule has 0 spiro atoms. The Kier molecular flexibility index (Phi) is 6.18. The number of nitro groups is 1. The molecule has 13 heteroatoms. The minimum absolute atomic E-state index is 0.133. The van der Waals surface area contributed by atoms with Crippen LogP contribution in [0.15, 0.2) is 39.8 Å². The Morgan fingerprint density at radius 1 is 1.38 bits per heavy atom. The van der Waals surface area contributed by atoms with Gasteiger partial charge in [-0.2, -0.15) is 0 Å². The van der Waals surface area contributed by atoms with Crippen LogP contribution in [-0.4, -0.2) is 36.4 Å². The first-order valence-electron chi connectivity index (χ1n) is 6.82. The summed E-state index contributed by atoms with van der Waals surface area (Å²) in [5, 5.41) is 13.1. The third-order valence-corrected chi connectivity index (χ3v) is 4.94. The zero-order chi connectivity index (χ0) is 19.3. The maximum atomic E-state index is 12.2. The lowest BCUT2D eigenvalue weighted by molar-refractivity contribution is -0.387. The summed E-state index contributed by atoms with van der Waals surface area (Å²) in [6.45, 7) is 0.133. The Balaban J connectivity index is 2.20. The van der Waals surface area contributed by atoms with E-state index in [1.54, 1.807) is 4.72 Å². The van der Waals surface area contributed by atoms with E-state index < -0.39 is 31.6 Å². The van der Waals surface area contributed by atoms with Gasteiger partial charge in [-0.15, -0.1) is 0 Å². The number of carbonyl (C=O) groups is 1. The fourth-order valence-corrected chi connectivity index (χ4v) is 3.23. The monoisotopic (exact) mass is 445 g/mol. The largest absolute Gasteiger partial charge is 0.378 e. The maximum absolute atomic E-state index is 12.2. The molecule has 0 aliphatic heterocycles. The summed E-state index contributed by atoms with van der Waals surface area (Å²) in [4.78, 5) is 29.2. The van der Waals surface area contributed by atoms with Crippen molar-refractivity contribution in [3.63, 3.8) is 0 Å². The van der Waals surface area contributed by atoms with E-state index in [0.29, 0.717) is 10.2 Å². The lowest BCUT2D eigenvalue weighted by Gasteiger charge is -2.09. The molecule has 26 heavy (non-hydrogen) atoms. The van der Waals surface area contributed by atoms with Crippen molar-refractivity contribution < 1.29 is 22.9 Å². The van der Waals surface area contributed by atoms with Crippen molar-refractivity contribution in [1.29, 1.82) is 0 Å². The van der Waals surface area contributed by atoms with Gasteiger partial charge >= 0.3 is 6.03 Å². The third kappa shape index (κ3) is 4.71. The smallest absolute Gasteiger partial charge is 0.335 e. The van der Waals surface area contributed by atoms with Crippen molar-refractivity contribution in [2.24, 2.45) is 0 Å². The molecule has 2 amide bonds. The summed E-state index contributed by atoms with van der Waals surface area (Å²) in [6, 6.07) is 3.47. The van der Waals surface area contributed by atoms with E-state index in [2.05, 4.69) is 31.2 Å². The van der Waals surface area contributed by atoms with Crippen LogP contribution in [0.5, 0.6) is 0 Å². The first kappa shape index (κ1) is 19.7. The van der Waals surface area contributed by atoms with E-state index in [1.165, 1.54) is 25.4 Å². The minimum atomic E-state index is -4.48. The van der Waals surface area contributed by atoms with E-state index in [0.717, 1.165) is 12.1 Å². The molecule has 0 aliphatic rings. The molecule has 0 aliphatic carbocycles. The summed E-state index contributed by atoms with van der Waals surface area (Å²) < 4.78 is 31.6. The highest BCUT2D eigenvalue weighted by molar-refractivity contribution is 9.10. The van der Waals surface area contributed by atoms with Crippen LogP contribution < -0.4 is 10.0 Å². The van der Waals surface area contributed by atoms with E-state index in [1.807, 2.05) is 0 Å². The van der Waals surface area contributed by atoms with Gasteiger partial charge < -0.3 is 4.74 Å². The van der Waals surface area contributed by atoms with Gasteiger partial charge in [0.2, 0.25) is 5.95 Å². The van der Waals surface area contributed by atoms with Crippen molar-refractivity contribution in [2.75, 3.05) is 12.4 Å². The number of carbonyl (C=O) groups excluding carboxylic acids is 1. The molecule has 0 radical (unpaired) electrons. The number of nitro benzene ring substituents is 1. The van der Waals surface area contributed by atoms with Gasteiger partial charge in [0.25, 0.3) is 15.7 Å². The quantitative estimate of drug-likeness (QED) is 0.503. The summed E-state index contributed by atoms with van der Waals surface area (Å²) in [5.74, 6) is -0.171. The predicted octanol–water partition coefficient (Wildman–Crippen LogP) is 1.80. The Hall–Kier alpha value is -2.64. The zero-order valence-corrected chi connectivity index (χ0v) is 15.6. The number of anilines is 1. The topological polar surface area (TPSA) is 153 Å². The number of nitrogens with zero attached hydrogens (tertiary/aromatic N) is 3. The second-order valence-electron chi connectivity index (χ2n) is 4.71. The fourth-order valence-electron chi connectivity index (χ4n) is 1.84. The summed E-state index contributed by atoms with van der Waals surface area (Å²) in [7, 11) is -3.02. The first-order valence-corrected chi connectivity index (χ1v) is 9.10. The van der Waals surface area contributed by atoms with Crippen molar-refractivity contribution in [2.45, 2.75) is 11.5 Å². The molecule has 0 atom stereocenters. The van der Waals surface area contributed by atoms with Crippen molar-refractivity contribution in [3.8, 4) is 0 Å². The van der Waals surface area contributed by atoms with Crippen LogP contribution in [0.4, 0.5) is 16.4 Å². The lowest BCUT2D eigenvalue weighted by atomic mass is 10.3. The van der Waals surface area contributed by atoms with Gasteiger partial charge in [0.1, 0.15) is 0 Å². The average Bonchev–Trinajstić information content (AvgIpc) is 2.57. The molecular weight excluding hydrogens is 434 g/mol. The number of rotatable bonds is 6. The molecule has 0 fully saturated rings. The Bertz CT molecular complexity index is 952. The second kappa shape index (κ2) is 8.16. The number of benzene rings is 1. The number of aromatic nitrogens is 2. The highest BCUT2D eigenvalue weighted by Crippen LogP contribution is 2.22. The summed E-state index contributed by atoms with van der Waals surface area (Å²) in [6.07, 6.45) is 1.35. The highest BCUT2D eigenvalue weighted by atomic mass is 79.9. The Morgan fingerprint density at radius 3 is 2.73 bits per heavy atom. The normalized spacial score (nSPS) is 11.0. The van der Waals surface area contributed by atoms with Crippen LogP contribution in [0.3, 0.4) is 0 Å². The SMILES string of the molecule is COCc1nc(NC(=O)NS(=O)(=O)c2ccccc2[N+](=O)[O-])ncc1Br. The highest BCUT2D eigenvalue weighted by Gasteiger charge is 2.27. The van der Waals surface area contributed by atoms with Gasteiger partial charge in [0, 0.05) is 19.4 Å². The number of amides is 2. The number of hydrogen-bond donors (Lipinski definition) is 2. The van der Waals surface area contributed by atoms with E-state index in [4.69, 9.17) is 4.74 Å². The molecule has 1 aromatic heterocycles. The summed E-state index contributed by atoms with van der Waals surface area (Å²) in [5.41, 5.74) is -0.227. The van der Waals surface area contributed by atoms with Crippen LogP contribution in [0.1, 0.15) is 5.69 Å². The Morgan fingerprint density at radius 2 is 2.08 bits per heavy atom. The van der Waals surface area contributed by atoms with Gasteiger partial charge in [-0.05, 0) is 22.0 Å². The summed E-state index contributed by atoms with van der Waals surface area (Å²) >= 11 is 3.21. The lowest BCUT2D eigenvalue weighted by Crippen LogP contribution is -2.35. The van der Waals surface area contributed by atoms with Crippen molar-refractivity contribution in [1.82, 2.24) is 14.7 Å². The minimum Gasteiger partial charge on any atom is -0.378 e. The molecule has 1 aromatic carbocycles. The van der Waals surface area contributed by atoms with E-state index in [-0.39, 0.29) is 12.6 Å². The van der Waals surface area contributed by atoms with Gasteiger partial charge in [-0.1, -0.05) is 12.1 Å². The number of sulfonamides is 1. The predicted molar refractivity (Wildman–Crippen MR) is 92.9 cm³/mol. The number of hydrogen-bond acceptors (Lipinski definition) is 8. The number of methoxy groups -OCH3 is 1. The standard InChI is InChI=1S/C13H12BrN5O6S/c1-25-7-9-8(14)6-15-12(16-9)17-13(20)18-26(23,24)11-5-3-2-4-10(11)19(21)22/h2-6H,7H2,1H3,(H2,15,16,17,18,20). The van der Waals surface area contributed by atoms with Crippen LogP contribution in [0.2, 0.25) is 0 Å². The van der Waals surface area contributed by atoms with Crippen molar-refractivity contribution in [3.05, 3.63) is 50.7 Å². The number of nitrogens with one attached hydrogen (secondary N) is 2. The van der Waals surface area contributed by atoms with Gasteiger partial charge in [-0.25, -0.2) is 27.9 Å². The maximum Gasteiger partial charge on any atom is 0.335 e. The number of halogens is 1. The van der Waals surface area contributed by atoms with Crippen LogP contribution in [0, 0.1) is 10.1 Å². The molecule has 0 bridgehead atoms. The van der Waals surface area contributed by atoms with Crippen LogP contribution in [0.25, 0.3) is 0 Å². The molecule has 0 saturated carbocycles. The zero-order valence-electron chi connectivity index (χ0n) is 13.2. The van der Waals surface area contributed by atoms with Crippen LogP contribution in [-0.2, 0) is 21.4 Å². The van der Waals surface area contributed by atoms with Crippen LogP contribution >= 0.6 is 15.9 Å². The fraction of sp³-hybridized carbons (Fsp3) is 0.154. The molecular formula is C13H12BrN5O6S. The molecule has 2 aromatic rings. The molecule has 0 unspecified atom stereocenters. The molecule has 138 valence electrons. The molecule has 11 nitrogen and oxygen atoms in total. The molecule has 2 N–H and O–H groups in total. The third-order valence-electron chi connectivity index (χ3n) is 2.90. The van der Waals surface area contributed by atoms with Gasteiger partial charge in [-0.3, -0.25) is 15.4 Å². The number of urea groups is 1. The Labute approximate surface area is 156 Å². The number of ether oxygens (including phenoxy) is 1. The molecule has 2 rings (SSSR count). The second-order valence-corrected chi connectivity index (χ2v) is 7.21. The molecule has 1 heterocycles. The average molecular weight is 446 g/mol. The van der Waals surface area contributed by atoms with Crippen molar-refractivity contribution >= 4 is 43.6 Å².